The lowest BCUT2D eigenvalue weighted by atomic mass is 10.2. The Morgan fingerprint density at radius 1 is 1.31 bits per heavy atom. The SMILES string of the molecule is Cc1cccc(OCCCNC(=O)CN(C)S(=O)(=O)c2ccc(Cl)s2)c1. The predicted octanol–water partition coefficient (Wildman–Crippen LogP) is 2.92. The Labute approximate surface area is 162 Å². The average molecular weight is 417 g/mol. The summed E-state index contributed by atoms with van der Waals surface area (Å²) in [5.41, 5.74) is 1.12. The summed E-state index contributed by atoms with van der Waals surface area (Å²) in [5, 5.41) is 2.69. The number of amides is 1. The number of thiophene rings is 1. The summed E-state index contributed by atoms with van der Waals surface area (Å²) in [4.78, 5) is 11.9. The van der Waals surface area contributed by atoms with Crippen LogP contribution in [0.25, 0.3) is 0 Å². The van der Waals surface area contributed by atoms with Gasteiger partial charge < -0.3 is 10.1 Å². The van der Waals surface area contributed by atoms with Crippen LogP contribution in [0.1, 0.15) is 12.0 Å². The second kappa shape index (κ2) is 9.36. The third kappa shape index (κ3) is 5.98. The number of rotatable bonds is 9. The molecule has 26 heavy (non-hydrogen) atoms. The van der Waals surface area contributed by atoms with Crippen LogP contribution in [-0.2, 0) is 14.8 Å². The second-order valence-corrected chi connectivity index (χ2v) is 9.67. The van der Waals surface area contributed by atoms with Crippen LogP contribution in [-0.4, -0.2) is 45.4 Å². The standard InChI is InChI=1S/C17H21ClN2O4S2/c1-13-5-3-6-14(11-13)24-10-4-9-19-16(21)12-20(2)26(22,23)17-8-7-15(18)25-17/h3,5-8,11H,4,9-10,12H2,1-2H3,(H,19,21). The lowest BCUT2D eigenvalue weighted by molar-refractivity contribution is -0.121. The van der Waals surface area contributed by atoms with Crippen molar-refractivity contribution in [1.82, 2.24) is 9.62 Å². The molecule has 0 radical (unpaired) electrons. The van der Waals surface area contributed by atoms with Crippen LogP contribution in [0.2, 0.25) is 4.34 Å². The minimum absolute atomic E-state index is 0.115. The van der Waals surface area contributed by atoms with Crippen molar-refractivity contribution in [2.45, 2.75) is 17.6 Å². The largest absolute Gasteiger partial charge is 0.494 e. The Morgan fingerprint density at radius 3 is 2.73 bits per heavy atom. The second-order valence-electron chi connectivity index (χ2n) is 5.69. The van der Waals surface area contributed by atoms with Crippen molar-refractivity contribution in [3.63, 3.8) is 0 Å². The Morgan fingerprint density at radius 2 is 2.08 bits per heavy atom. The zero-order valence-corrected chi connectivity index (χ0v) is 17.0. The molecule has 1 aromatic heterocycles. The maximum absolute atomic E-state index is 12.3. The van der Waals surface area contributed by atoms with Gasteiger partial charge in [0.05, 0.1) is 17.5 Å². The summed E-state index contributed by atoms with van der Waals surface area (Å²) >= 11 is 6.73. The number of aryl methyl sites for hydroxylation is 1. The van der Waals surface area contributed by atoms with Gasteiger partial charge in [0.25, 0.3) is 10.0 Å². The van der Waals surface area contributed by atoms with Gasteiger partial charge in [-0.3, -0.25) is 4.79 Å². The first kappa shape index (κ1) is 20.7. The van der Waals surface area contributed by atoms with Crippen LogP contribution in [0.4, 0.5) is 0 Å². The summed E-state index contributed by atoms with van der Waals surface area (Å²) in [7, 11) is -2.34. The number of nitrogens with one attached hydrogen (secondary N) is 1. The first-order valence-corrected chi connectivity index (χ1v) is 10.6. The average Bonchev–Trinajstić information content (AvgIpc) is 3.02. The van der Waals surface area contributed by atoms with E-state index in [0.717, 1.165) is 27.0 Å². The zero-order chi connectivity index (χ0) is 19.2. The number of hydrogen-bond acceptors (Lipinski definition) is 5. The smallest absolute Gasteiger partial charge is 0.252 e. The maximum atomic E-state index is 12.3. The quantitative estimate of drug-likeness (QED) is 0.637. The normalized spacial score (nSPS) is 11.5. The molecule has 2 aromatic rings. The van der Waals surface area contributed by atoms with Gasteiger partial charge in [0.15, 0.2) is 0 Å². The van der Waals surface area contributed by atoms with Crippen molar-refractivity contribution in [3.05, 3.63) is 46.3 Å². The van der Waals surface area contributed by atoms with Crippen molar-refractivity contribution >= 4 is 38.9 Å². The Hall–Kier alpha value is -1.61. The van der Waals surface area contributed by atoms with Crippen LogP contribution in [0.5, 0.6) is 5.75 Å². The molecule has 1 heterocycles. The molecule has 0 bridgehead atoms. The van der Waals surface area contributed by atoms with Crippen LogP contribution in [0, 0.1) is 6.92 Å². The van der Waals surface area contributed by atoms with Gasteiger partial charge in [0.2, 0.25) is 5.91 Å². The van der Waals surface area contributed by atoms with E-state index in [0.29, 0.717) is 23.9 Å². The van der Waals surface area contributed by atoms with Crippen molar-refractivity contribution in [3.8, 4) is 5.75 Å². The molecule has 0 spiro atoms. The van der Waals surface area contributed by atoms with E-state index in [1.54, 1.807) is 0 Å². The lowest BCUT2D eigenvalue weighted by Gasteiger charge is -2.15. The number of likely N-dealkylation sites (N-methyl/N-ethyl adjacent to an activating group) is 1. The number of carbonyl (C=O) groups is 1. The molecule has 9 heteroatoms. The van der Waals surface area contributed by atoms with Gasteiger partial charge in [-0.1, -0.05) is 23.7 Å². The van der Waals surface area contributed by atoms with E-state index in [9.17, 15) is 13.2 Å². The van der Waals surface area contributed by atoms with Gasteiger partial charge in [0, 0.05) is 13.6 Å². The molecule has 2 rings (SSSR count). The highest BCUT2D eigenvalue weighted by molar-refractivity contribution is 7.91. The van der Waals surface area contributed by atoms with Crippen LogP contribution in [0.3, 0.4) is 0 Å². The van der Waals surface area contributed by atoms with Crippen LogP contribution < -0.4 is 10.1 Å². The van der Waals surface area contributed by atoms with Crippen LogP contribution >= 0.6 is 22.9 Å². The van der Waals surface area contributed by atoms with Gasteiger partial charge in [-0.25, -0.2) is 8.42 Å². The Kier molecular flexibility index (Phi) is 7.45. The topological polar surface area (TPSA) is 75.7 Å². The summed E-state index contributed by atoms with van der Waals surface area (Å²) in [5.74, 6) is 0.422. The third-order valence-electron chi connectivity index (χ3n) is 3.48. The molecular weight excluding hydrogens is 396 g/mol. The Balaban J connectivity index is 1.71. The summed E-state index contributed by atoms with van der Waals surface area (Å²) in [6.45, 7) is 2.60. The molecule has 0 atom stereocenters. The highest BCUT2D eigenvalue weighted by Gasteiger charge is 2.24. The highest BCUT2D eigenvalue weighted by atomic mass is 35.5. The maximum Gasteiger partial charge on any atom is 0.252 e. The minimum atomic E-state index is -3.71. The molecule has 1 N–H and O–H groups in total. The fourth-order valence-corrected chi connectivity index (χ4v) is 4.95. The predicted molar refractivity (Wildman–Crippen MR) is 103 cm³/mol. The van der Waals surface area contributed by atoms with Gasteiger partial charge in [-0.2, -0.15) is 4.31 Å². The zero-order valence-electron chi connectivity index (χ0n) is 14.6. The summed E-state index contributed by atoms with van der Waals surface area (Å²) in [6.07, 6.45) is 0.622. The number of nitrogens with zero attached hydrogens (tertiary/aromatic N) is 1. The van der Waals surface area contributed by atoms with Gasteiger partial charge >= 0.3 is 0 Å². The van der Waals surface area contributed by atoms with E-state index in [4.69, 9.17) is 16.3 Å². The number of hydrogen-bond donors (Lipinski definition) is 1. The summed E-state index contributed by atoms with van der Waals surface area (Å²) in [6, 6.07) is 10.7. The number of benzene rings is 1. The molecule has 142 valence electrons. The molecule has 1 amide bonds. The third-order valence-corrected chi connectivity index (χ3v) is 6.98. The molecular formula is C17H21ClN2O4S2. The minimum Gasteiger partial charge on any atom is -0.494 e. The number of ether oxygens (including phenoxy) is 1. The molecule has 0 unspecified atom stereocenters. The first-order valence-electron chi connectivity index (χ1n) is 7.97. The number of sulfonamides is 1. The molecule has 0 saturated heterocycles. The molecule has 0 saturated carbocycles. The van der Waals surface area contributed by atoms with E-state index in [1.165, 1.54) is 19.2 Å². The molecule has 1 aromatic carbocycles. The van der Waals surface area contributed by atoms with E-state index in [2.05, 4.69) is 5.32 Å². The molecule has 6 nitrogen and oxygen atoms in total. The molecule has 0 aliphatic carbocycles. The monoisotopic (exact) mass is 416 g/mol. The van der Waals surface area contributed by atoms with Gasteiger partial charge in [-0.15, -0.1) is 11.3 Å². The van der Waals surface area contributed by atoms with E-state index in [1.807, 2.05) is 31.2 Å². The van der Waals surface area contributed by atoms with E-state index < -0.39 is 10.0 Å². The van der Waals surface area contributed by atoms with Crippen LogP contribution in [0.15, 0.2) is 40.6 Å². The van der Waals surface area contributed by atoms with Crippen molar-refractivity contribution < 1.29 is 17.9 Å². The fraction of sp³-hybridized carbons (Fsp3) is 0.353. The van der Waals surface area contributed by atoms with E-state index >= 15 is 0 Å². The Bertz CT molecular complexity index is 852. The summed E-state index contributed by atoms with van der Waals surface area (Å²) < 4.78 is 31.7. The van der Waals surface area contributed by atoms with Crippen molar-refractivity contribution in [1.29, 1.82) is 0 Å². The first-order chi connectivity index (χ1) is 12.3. The lowest BCUT2D eigenvalue weighted by Crippen LogP contribution is -2.38. The van der Waals surface area contributed by atoms with Gasteiger partial charge in [-0.05, 0) is 43.2 Å². The molecule has 0 aliphatic heterocycles. The number of carbonyl (C=O) groups excluding carboxylic acids is 1. The molecule has 0 fully saturated rings. The van der Waals surface area contributed by atoms with E-state index in [-0.39, 0.29) is 16.7 Å². The molecule has 0 aliphatic rings. The van der Waals surface area contributed by atoms with Gasteiger partial charge in [0.1, 0.15) is 9.96 Å². The van der Waals surface area contributed by atoms with Crippen molar-refractivity contribution in [2.24, 2.45) is 0 Å². The number of halogens is 1. The van der Waals surface area contributed by atoms with Crippen molar-refractivity contribution in [2.75, 3.05) is 26.7 Å². The highest BCUT2D eigenvalue weighted by Crippen LogP contribution is 2.27. The fourth-order valence-electron chi connectivity index (χ4n) is 2.13.